The summed E-state index contributed by atoms with van der Waals surface area (Å²) < 4.78 is 15.7. The van der Waals surface area contributed by atoms with E-state index in [1.165, 1.54) is 6.07 Å². The summed E-state index contributed by atoms with van der Waals surface area (Å²) in [6.07, 6.45) is 2.04. The van der Waals surface area contributed by atoms with E-state index in [-0.39, 0.29) is 5.82 Å². The van der Waals surface area contributed by atoms with Gasteiger partial charge in [-0.05, 0) is 53.3 Å². The monoisotopic (exact) mass is 481 g/mol. The van der Waals surface area contributed by atoms with E-state index in [2.05, 4.69) is 29.2 Å². The Balaban J connectivity index is 0.00000117. The molecule has 0 N–H and O–H groups in total. The molecule has 3 rings (SSSR count). The Kier molecular flexibility index (Phi) is 7.47. The zero-order valence-electron chi connectivity index (χ0n) is 15.2. The van der Waals surface area contributed by atoms with Crippen molar-refractivity contribution in [2.24, 2.45) is 0 Å². The maximum Gasteiger partial charge on any atom is 0.134 e. The fourth-order valence-corrected chi connectivity index (χ4v) is 3.72. The molecule has 0 fully saturated rings. The van der Waals surface area contributed by atoms with Crippen molar-refractivity contribution in [2.45, 2.75) is 20.8 Å². The van der Waals surface area contributed by atoms with Crippen LogP contribution in [0.15, 0.2) is 70.5 Å². The Labute approximate surface area is 174 Å². The Hall–Kier alpha value is -1.59. The molecule has 26 heavy (non-hydrogen) atoms. The highest BCUT2D eigenvalue weighted by atomic mass is 127. The van der Waals surface area contributed by atoms with E-state index in [9.17, 15) is 4.39 Å². The molecule has 2 aromatic rings. The van der Waals surface area contributed by atoms with Gasteiger partial charge in [-0.3, -0.25) is 0 Å². The number of allylic oxidation sites excluding steroid dienone is 3. The number of nitrogens with zero attached hydrogens (tertiary/aromatic N) is 1. The second-order valence-electron chi connectivity index (χ2n) is 5.41. The van der Waals surface area contributed by atoms with Crippen LogP contribution in [0.25, 0.3) is 11.3 Å². The molecule has 0 spiro atoms. The van der Waals surface area contributed by atoms with E-state index in [1.807, 2.05) is 62.1 Å². The van der Waals surface area contributed by atoms with Gasteiger partial charge in [-0.25, -0.2) is 4.39 Å². The molecule has 0 bridgehead atoms. The van der Waals surface area contributed by atoms with Gasteiger partial charge >= 0.3 is 0 Å². The van der Waals surface area contributed by atoms with E-state index in [1.54, 1.807) is 12.1 Å². The normalized spacial score (nSPS) is 14.0. The lowest BCUT2D eigenvalue weighted by atomic mass is 9.94. The minimum absolute atomic E-state index is 0.331. The number of hydrogen-bond acceptors (Lipinski definition) is 1. The van der Waals surface area contributed by atoms with Gasteiger partial charge in [-0.15, -0.1) is 0 Å². The first kappa shape index (κ1) is 20.7. The summed E-state index contributed by atoms with van der Waals surface area (Å²) in [5.41, 5.74) is 4.00. The zero-order chi connectivity index (χ0) is 19.3. The second kappa shape index (κ2) is 9.38. The van der Waals surface area contributed by atoms with Gasteiger partial charge in [-0.1, -0.05) is 68.4 Å². The van der Waals surface area contributed by atoms with Crippen LogP contribution in [0, 0.1) is 5.82 Å². The van der Waals surface area contributed by atoms with Crippen molar-refractivity contribution >= 4 is 45.5 Å². The highest BCUT2D eigenvalue weighted by Gasteiger charge is 2.27. The van der Waals surface area contributed by atoms with Crippen molar-refractivity contribution in [3.63, 3.8) is 0 Å². The SMILES string of the molecule is C=C1C(I)=CC(c2ccccc2)=C(c2c(F)cccc2Cl)N1CC.CC. The van der Waals surface area contributed by atoms with Gasteiger partial charge in [0.2, 0.25) is 0 Å². The van der Waals surface area contributed by atoms with Crippen LogP contribution in [-0.2, 0) is 0 Å². The van der Waals surface area contributed by atoms with Gasteiger partial charge in [0.05, 0.1) is 16.3 Å². The van der Waals surface area contributed by atoms with E-state index in [4.69, 9.17) is 11.6 Å². The van der Waals surface area contributed by atoms with Crippen molar-refractivity contribution in [1.82, 2.24) is 4.90 Å². The molecule has 0 amide bonds. The molecule has 1 aliphatic rings. The summed E-state index contributed by atoms with van der Waals surface area (Å²) in [7, 11) is 0. The Bertz CT molecular complexity index is 835. The minimum Gasteiger partial charge on any atom is -0.340 e. The summed E-state index contributed by atoms with van der Waals surface area (Å²) in [5, 5.41) is 0.398. The lowest BCUT2D eigenvalue weighted by molar-refractivity contribution is 0.523. The molecule has 0 atom stereocenters. The van der Waals surface area contributed by atoms with Gasteiger partial charge in [0.15, 0.2) is 0 Å². The molecule has 1 nitrogen and oxygen atoms in total. The maximum atomic E-state index is 14.7. The lowest BCUT2D eigenvalue weighted by Gasteiger charge is -2.34. The standard InChI is InChI=1S/C20H16ClFIN.C2H6/c1-3-24-13(2)18(23)12-15(14-8-5-4-6-9-14)20(24)19-16(21)10-7-11-17(19)22;1-2/h4-12H,2-3H2,1H3;1-2H3. The molecular weight excluding hydrogens is 460 g/mol. The van der Waals surface area contributed by atoms with Crippen LogP contribution >= 0.6 is 34.2 Å². The van der Waals surface area contributed by atoms with Gasteiger partial charge in [0.25, 0.3) is 0 Å². The molecule has 1 heterocycles. The third-order valence-corrected chi connectivity index (χ3v) is 5.25. The molecule has 136 valence electrons. The van der Waals surface area contributed by atoms with E-state index in [0.717, 1.165) is 26.1 Å². The van der Waals surface area contributed by atoms with Crippen LogP contribution in [0.4, 0.5) is 4.39 Å². The topological polar surface area (TPSA) is 3.24 Å². The molecule has 2 aromatic carbocycles. The maximum absolute atomic E-state index is 14.7. The number of rotatable bonds is 3. The van der Waals surface area contributed by atoms with Crippen molar-refractivity contribution in [3.8, 4) is 0 Å². The van der Waals surface area contributed by atoms with Crippen molar-refractivity contribution in [1.29, 1.82) is 0 Å². The van der Waals surface area contributed by atoms with Crippen LogP contribution < -0.4 is 0 Å². The number of benzene rings is 2. The van der Waals surface area contributed by atoms with Gasteiger partial charge < -0.3 is 4.90 Å². The molecule has 0 aromatic heterocycles. The Morgan fingerprint density at radius 2 is 1.73 bits per heavy atom. The average Bonchev–Trinajstić information content (AvgIpc) is 2.66. The number of likely N-dealkylation sites (N-methyl/N-ethyl adjacent to an activating group) is 1. The molecule has 1 aliphatic heterocycles. The zero-order valence-corrected chi connectivity index (χ0v) is 18.1. The largest absolute Gasteiger partial charge is 0.340 e. The predicted octanol–water partition coefficient (Wildman–Crippen LogP) is 7.54. The van der Waals surface area contributed by atoms with Gasteiger partial charge in [-0.2, -0.15) is 0 Å². The van der Waals surface area contributed by atoms with E-state index >= 15 is 0 Å². The third kappa shape index (κ3) is 4.04. The second-order valence-corrected chi connectivity index (χ2v) is 6.98. The molecular formula is C22H22ClFIN. The van der Waals surface area contributed by atoms with E-state index in [0.29, 0.717) is 17.1 Å². The first-order chi connectivity index (χ1) is 12.5. The lowest BCUT2D eigenvalue weighted by Crippen LogP contribution is -2.25. The van der Waals surface area contributed by atoms with Crippen LogP contribution in [0.2, 0.25) is 5.02 Å². The van der Waals surface area contributed by atoms with Crippen molar-refractivity contribution in [2.75, 3.05) is 6.54 Å². The summed E-state index contributed by atoms with van der Waals surface area (Å²) in [5.74, 6) is -0.331. The fourth-order valence-electron chi connectivity index (χ4n) is 2.87. The molecule has 0 aliphatic carbocycles. The predicted molar refractivity (Wildman–Crippen MR) is 120 cm³/mol. The first-order valence-electron chi connectivity index (χ1n) is 8.62. The quantitative estimate of drug-likeness (QED) is 0.409. The van der Waals surface area contributed by atoms with Crippen molar-refractivity contribution < 1.29 is 4.39 Å². The molecule has 0 saturated carbocycles. The van der Waals surface area contributed by atoms with Gasteiger partial charge in [0, 0.05) is 21.4 Å². The summed E-state index contributed by atoms with van der Waals surface area (Å²) >= 11 is 8.64. The van der Waals surface area contributed by atoms with E-state index < -0.39 is 0 Å². The minimum atomic E-state index is -0.331. The third-order valence-electron chi connectivity index (χ3n) is 4.00. The average molecular weight is 482 g/mol. The molecule has 4 heteroatoms. The molecule has 0 saturated heterocycles. The summed E-state index contributed by atoms with van der Waals surface area (Å²) in [6.45, 7) is 10.9. The highest BCUT2D eigenvalue weighted by Crippen LogP contribution is 2.43. The van der Waals surface area contributed by atoms with Crippen LogP contribution in [0.3, 0.4) is 0 Å². The van der Waals surface area contributed by atoms with Crippen LogP contribution in [0.1, 0.15) is 31.9 Å². The van der Waals surface area contributed by atoms with Crippen LogP contribution in [0.5, 0.6) is 0 Å². The number of halogens is 3. The summed E-state index contributed by atoms with van der Waals surface area (Å²) in [4.78, 5) is 2.02. The first-order valence-corrected chi connectivity index (χ1v) is 10.1. The fraction of sp³-hybridized carbons (Fsp3) is 0.182. The van der Waals surface area contributed by atoms with Crippen LogP contribution in [-0.4, -0.2) is 11.4 Å². The Morgan fingerprint density at radius 3 is 2.31 bits per heavy atom. The molecule has 0 unspecified atom stereocenters. The highest BCUT2D eigenvalue weighted by molar-refractivity contribution is 14.1. The van der Waals surface area contributed by atoms with Crippen molar-refractivity contribution in [3.05, 3.63) is 92.4 Å². The summed E-state index contributed by atoms with van der Waals surface area (Å²) in [6, 6.07) is 14.7. The number of hydrogen-bond donors (Lipinski definition) is 0. The molecule has 0 radical (unpaired) electrons. The Morgan fingerprint density at radius 1 is 1.08 bits per heavy atom. The smallest absolute Gasteiger partial charge is 0.134 e. The van der Waals surface area contributed by atoms with Gasteiger partial charge in [0.1, 0.15) is 5.82 Å².